The number of aromatic nitrogens is 2. The van der Waals surface area contributed by atoms with Gasteiger partial charge in [0.1, 0.15) is 6.33 Å². The largest absolute Gasteiger partial charge is 0.308 e. The molecular formula is C8H13N3O2S. The van der Waals surface area contributed by atoms with Gasteiger partial charge in [-0.1, -0.05) is 0 Å². The topological polar surface area (TPSA) is 55.2 Å². The van der Waals surface area contributed by atoms with Crippen molar-refractivity contribution in [2.75, 3.05) is 6.54 Å². The second-order valence-corrected chi connectivity index (χ2v) is 5.29. The fraction of sp³-hybridized carbons (Fsp3) is 0.625. The molecule has 0 aromatic carbocycles. The van der Waals surface area contributed by atoms with Gasteiger partial charge in [-0.25, -0.2) is 8.96 Å². The van der Waals surface area contributed by atoms with Crippen LogP contribution in [-0.4, -0.2) is 34.3 Å². The molecule has 1 atom stereocenters. The van der Waals surface area contributed by atoms with Crippen LogP contribution < -0.4 is 0 Å². The molecule has 78 valence electrons. The molecular weight excluding hydrogens is 202 g/mol. The van der Waals surface area contributed by atoms with E-state index in [0.29, 0.717) is 6.54 Å². The van der Waals surface area contributed by atoms with E-state index >= 15 is 0 Å². The van der Waals surface area contributed by atoms with Crippen LogP contribution >= 0.6 is 0 Å². The van der Waals surface area contributed by atoms with Crippen LogP contribution in [0.1, 0.15) is 19.8 Å². The fourth-order valence-corrected chi connectivity index (χ4v) is 3.30. The molecule has 0 spiro atoms. The molecule has 5 nitrogen and oxygen atoms in total. The Kier molecular flexibility index (Phi) is 2.32. The van der Waals surface area contributed by atoms with Crippen LogP contribution in [0, 0.1) is 0 Å². The summed E-state index contributed by atoms with van der Waals surface area (Å²) in [5, 5.41) is 0. The van der Waals surface area contributed by atoms with Gasteiger partial charge in [0.15, 0.2) is 0 Å². The molecule has 1 aromatic rings. The van der Waals surface area contributed by atoms with Gasteiger partial charge in [0.25, 0.3) is 0 Å². The van der Waals surface area contributed by atoms with Crippen molar-refractivity contribution >= 4 is 10.2 Å². The lowest BCUT2D eigenvalue weighted by atomic mass is 10.3. The zero-order valence-corrected chi connectivity index (χ0v) is 8.81. The first-order valence-corrected chi connectivity index (χ1v) is 6.02. The molecule has 6 heteroatoms. The molecule has 1 aliphatic heterocycles. The van der Waals surface area contributed by atoms with E-state index in [1.165, 1.54) is 23.0 Å². The van der Waals surface area contributed by atoms with E-state index < -0.39 is 10.2 Å². The Hall–Kier alpha value is -0.880. The highest BCUT2D eigenvalue weighted by atomic mass is 32.2. The number of imidazole rings is 1. The van der Waals surface area contributed by atoms with Gasteiger partial charge in [0.2, 0.25) is 0 Å². The van der Waals surface area contributed by atoms with Crippen LogP contribution in [0.15, 0.2) is 18.7 Å². The Morgan fingerprint density at radius 1 is 1.50 bits per heavy atom. The summed E-state index contributed by atoms with van der Waals surface area (Å²) in [5.41, 5.74) is 0. The highest BCUT2D eigenvalue weighted by Crippen LogP contribution is 2.21. The Bertz CT molecular complexity index is 398. The Labute approximate surface area is 83.5 Å². The minimum absolute atomic E-state index is 0.0994. The van der Waals surface area contributed by atoms with Gasteiger partial charge >= 0.3 is 10.2 Å². The van der Waals surface area contributed by atoms with Crippen LogP contribution in [0.3, 0.4) is 0 Å². The lowest BCUT2D eigenvalue weighted by molar-refractivity contribution is 0.402. The quantitative estimate of drug-likeness (QED) is 0.720. The van der Waals surface area contributed by atoms with Gasteiger partial charge in [-0.05, 0) is 19.8 Å². The third-order valence-electron chi connectivity index (χ3n) is 2.53. The molecule has 0 aliphatic carbocycles. The molecule has 2 heterocycles. The summed E-state index contributed by atoms with van der Waals surface area (Å²) < 4.78 is 26.6. The number of hydrogen-bond acceptors (Lipinski definition) is 3. The summed E-state index contributed by atoms with van der Waals surface area (Å²) in [5.74, 6) is 0. The zero-order valence-electron chi connectivity index (χ0n) is 8.00. The summed E-state index contributed by atoms with van der Waals surface area (Å²) in [6.45, 7) is 2.54. The lowest BCUT2D eigenvalue weighted by Gasteiger charge is -2.20. The standard InChI is InChI=1S/C8H13N3O2S/c1-8-3-2-5-11(8)14(12,13)10-6-4-9-7-10/h4,6-8H,2-3,5H2,1H3/t8-/m1/s1. The molecule has 0 saturated carbocycles. The predicted molar refractivity (Wildman–Crippen MR) is 51.9 cm³/mol. The monoisotopic (exact) mass is 215 g/mol. The van der Waals surface area contributed by atoms with Gasteiger partial charge in [-0.15, -0.1) is 0 Å². The van der Waals surface area contributed by atoms with Crippen LogP contribution in [0.4, 0.5) is 0 Å². The van der Waals surface area contributed by atoms with E-state index in [4.69, 9.17) is 0 Å². The van der Waals surface area contributed by atoms with Gasteiger partial charge in [-0.3, -0.25) is 0 Å². The first-order valence-electron chi connectivity index (χ1n) is 4.62. The molecule has 0 amide bonds. The van der Waals surface area contributed by atoms with E-state index in [2.05, 4.69) is 4.98 Å². The summed E-state index contributed by atoms with van der Waals surface area (Å²) in [6.07, 6.45) is 6.13. The number of nitrogens with zero attached hydrogens (tertiary/aromatic N) is 3. The van der Waals surface area contributed by atoms with Gasteiger partial charge < -0.3 is 0 Å². The lowest BCUT2D eigenvalue weighted by Crippen LogP contribution is -2.37. The van der Waals surface area contributed by atoms with E-state index in [1.807, 2.05) is 6.92 Å². The predicted octanol–water partition coefficient (Wildman–Crippen LogP) is 0.460. The third kappa shape index (κ3) is 1.44. The highest BCUT2D eigenvalue weighted by Gasteiger charge is 2.32. The van der Waals surface area contributed by atoms with Gasteiger partial charge in [0, 0.05) is 25.0 Å². The molecule has 0 unspecified atom stereocenters. The third-order valence-corrected chi connectivity index (χ3v) is 4.42. The molecule has 2 rings (SSSR count). The van der Waals surface area contributed by atoms with Gasteiger partial charge in [-0.2, -0.15) is 12.7 Å². The maximum Gasteiger partial charge on any atom is 0.308 e. The smallest absolute Gasteiger partial charge is 0.244 e. The van der Waals surface area contributed by atoms with Crippen LogP contribution in [0.5, 0.6) is 0 Å². The van der Waals surface area contributed by atoms with Gasteiger partial charge in [0.05, 0.1) is 0 Å². The fourth-order valence-electron chi connectivity index (χ4n) is 1.75. The van der Waals surface area contributed by atoms with E-state index in [1.54, 1.807) is 0 Å². The van der Waals surface area contributed by atoms with Crippen molar-refractivity contribution < 1.29 is 8.42 Å². The van der Waals surface area contributed by atoms with E-state index in [9.17, 15) is 8.42 Å². The minimum Gasteiger partial charge on any atom is -0.244 e. The Balaban J connectivity index is 2.33. The molecule has 0 N–H and O–H groups in total. The van der Waals surface area contributed by atoms with Crippen LogP contribution in [-0.2, 0) is 10.2 Å². The first kappa shape index (κ1) is 9.67. The van der Waals surface area contributed by atoms with E-state index in [0.717, 1.165) is 16.8 Å². The Morgan fingerprint density at radius 3 is 2.79 bits per heavy atom. The second kappa shape index (κ2) is 3.36. The average molecular weight is 215 g/mol. The molecule has 0 radical (unpaired) electrons. The molecule has 1 aromatic heterocycles. The SMILES string of the molecule is C[C@@H]1CCCN1S(=O)(=O)n1ccnc1. The molecule has 0 bridgehead atoms. The van der Waals surface area contributed by atoms with Crippen molar-refractivity contribution in [2.24, 2.45) is 0 Å². The summed E-state index contributed by atoms with van der Waals surface area (Å²) in [4.78, 5) is 3.74. The number of hydrogen-bond donors (Lipinski definition) is 0. The highest BCUT2D eigenvalue weighted by molar-refractivity contribution is 7.87. The van der Waals surface area contributed by atoms with Crippen molar-refractivity contribution in [1.29, 1.82) is 0 Å². The van der Waals surface area contributed by atoms with Crippen molar-refractivity contribution in [2.45, 2.75) is 25.8 Å². The molecule has 14 heavy (non-hydrogen) atoms. The van der Waals surface area contributed by atoms with Crippen molar-refractivity contribution in [3.05, 3.63) is 18.7 Å². The van der Waals surface area contributed by atoms with E-state index in [-0.39, 0.29) is 6.04 Å². The maximum atomic E-state index is 12.0. The van der Waals surface area contributed by atoms with Crippen LogP contribution in [0.2, 0.25) is 0 Å². The zero-order chi connectivity index (χ0) is 10.2. The molecule has 1 aliphatic rings. The molecule has 1 fully saturated rings. The summed E-state index contributed by atoms with van der Waals surface area (Å²) in [6, 6.07) is 0.0994. The summed E-state index contributed by atoms with van der Waals surface area (Å²) >= 11 is 0. The minimum atomic E-state index is -3.36. The van der Waals surface area contributed by atoms with Crippen molar-refractivity contribution in [3.63, 3.8) is 0 Å². The Morgan fingerprint density at radius 2 is 2.29 bits per heavy atom. The maximum absolute atomic E-state index is 12.0. The normalized spacial score (nSPS) is 24.2. The summed E-state index contributed by atoms with van der Waals surface area (Å²) in [7, 11) is -3.36. The molecule has 1 saturated heterocycles. The second-order valence-electron chi connectivity index (χ2n) is 3.50. The van der Waals surface area contributed by atoms with Crippen molar-refractivity contribution in [3.8, 4) is 0 Å². The average Bonchev–Trinajstić information content (AvgIpc) is 2.72. The van der Waals surface area contributed by atoms with Crippen molar-refractivity contribution in [1.82, 2.24) is 13.3 Å². The first-order chi connectivity index (χ1) is 6.62. The number of rotatable bonds is 2. The van der Waals surface area contributed by atoms with Crippen LogP contribution in [0.25, 0.3) is 0 Å².